The third-order valence-electron chi connectivity index (χ3n) is 5.74. The predicted octanol–water partition coefficient (Wildman–Crippen LogP) is 4.38. The van der Waals surface area contributed by atoms with Crippen LogP contribution in [0.3, 0.4) is 0 Å². The van der Waals surface area contributed by atoms with Crippen molar-refractivity contribution in [3.8, 4) is 11.1 Å². The van der Waals surface area contributed by atoms with Crippen molar-refractivity contribution in [2.24, 2.45) is 0 Å². The minimum Gasteiger partial charge on any atom is -0.444 e. The van der Waals surface area contributed by atoms with E-state index in [1.165, 1.54) is 6.33 Å². The molecule has 1 amide bonds. The molecule has 1 aliphatic rings. The second kappa shape index (κ2) is 7.58. The van der Waals surface area contributed by atoms with E-state index in [4.69, 9.17) is 10.5 Å². The van der Waals surface area contributed by atoms with E-state index in [1.807, 2.05) is 55.7 Å². The molecule has 4 aromatic rings. The molecule has 168 valence electrons. The van der Waals surface area contributed by atoms with Crippen LogP contribution in [-0.2, 0) is 11.2 Å². The first-order valence-corrected chi connectivity index (χ1v) is 10.9. The van der Waals surface area contributed by atoms with Crippen LogP contribution in [0.1, 0.15) is 38.4 Å². The summed E-state index contributed by atoms with van der Waals surface area (Å²) in [6, 6.07) is 9.90. The number of hydrogen-bond donors (Lipinski definition) is 2. The minimum absolute atomic E-state index is 0.170. The number of anilines is 1. The summed E-state index contributed by atoms with van der Waals surface area (Å²) in [5.74, 6) is 0.381. The number of nitrogen functional groups attached to an aromatic ring is 1. The number of aromatic nitrogens is 4. The van der Waals surface area contributed by atoms with Crippen LogP contribution in [0.5, 0.6) is 0 Å². The normalized spacial score (nSPS) is 16.1. The molecule has 33 heavy (non-hydrogen) atoms. The molecule has 3 heterocycles. The Labute approximate surface area is 191 Å². The van der Waals surface area contributed by atoms with Gasteiger partial charge in [0, 0.05) is 40.7 Å². The average molecular weight is 443 g/mol. The second-order valence-electron chi connectivity index (χ2n) is 9.37. The molecule has 0 spiro atoms. The molecule has 1 aliphatic carbocycles. The standard InChI is InChI=1S/C25H26N6O2/c1-14-9-17(30-24(32)33-25(2,3)4)11-19-20(14)21(22-23(26)28-13-29-31(19)22)16-10-15-7-5-6-8-18(15)27-12-16/h5-8,10,12-13,17H,1,9,11H2,2-4H3,(H,30,32)(H2,26,28,29)/t17-/m0/s1. The zero-order chi connectivity index (χ0) is 23.3. The average Bonchev–Trinajstić information content (AvgIpc) is 3.08. The van der Waals surface area contributed by atoms with Crippen molar-refractivity contribution < 1.29 is 9.53 Å². The fourth-order valence-corrected chi connectivity index (χ4v) is 4.51. The number of para-hydroxylation sites is 1. The van der Waals surface area contributed by atoms with Gasteiger partial charge in [0.05, 0.1) is 11.2 Å². The van der Waals surface area contributed by atoms with E-state index < -0.39 is 11.7 Å². The van der Waals surface area contributed by atoms with Crippen molar-refractivity contribution in [1.29, 1.82) is 0 Å². The first kappa shape index (κ1) is 20.9. The van der Waals surface area contributed by atoms with Crippen LogP contribution in [0.25, 0.3) is 33.1 Å². The number of hydrogen-bond acceptors (Lipinski definition) is 6. The molecule has 0 saturated heterocycles. The van der Waals surface area contributed by atoms with Gasteiger partial charge in [-0.1, -0.05) is 24.8 Å². The quantitative estimate of drug-likeness (QED) is 0.477. The van der Waals surface area contributed by atoms with Crippen LogP contribution in [0.15, 0.2) is 49.4 Å². The van der Waals surface area contributed by atoms with E-state index in [0.717, 1.165) is 44.4 Å². The van der Waals surface area contributed by atoms with Gasteiger partial charge >= 0.3 is 6.09 Å². The topological polar surface area (TPSA) is 107 Å². The Bertz CT molecular complexity index is 1420. The fraction of sp³-hybridized carbons (Fsp3) is 0.280. The highest BCUT2D eigenvalue weighted by Crippen LogP contribution is 2.43. The third-order valence-corrected chi connectivity index (χ3v) is 5.74. The van der Waals surface area contributed by atoms with Gasteiger partial charge in [0.15, 0.2) is 5.82 Å². The van der Waals surface area contributed by atoms with E-state index in [0.29, 0.717) is 18.7 Å². The van der Waals surface area contributed by atoms with Crippen LogP contribution in [0.4, 0.5) is 10.6 Å². The van der Waals surface area contributed by atoms with Crippen molar-refractivity contribution in [2.75, 3.05) is 5.73 Å². The van der Waals surface area contributed by atoms with Gasteiger partial charge in [0.1, 0.15) is 17.4 Å². The van der Waals surface area contributed by atoms with E-state index in [1.54, 1.807) is 0 Å². The summed E-state index contributed by atoms with van der Waals surface area (Å²) in [7, 11) is 0. The summed E-state index contributed by atoms with van der Waals surface area (Å²) in [5.41, 5.74) is 12.1. The molecule has 0 unspecified atom stereocenters. The smallest absolute Gasteiger partial charge is 0.407 e. The Kier molecular flexibility index (Phi) is 4.81. The Morgan fingerprint density at radius 3 is 2.79 bits per heavy atom. The molecule has 1 aromatic carbocycles. The van der Waals surface area contributed by atoms with E-state index in [2.05, 4.69) is 33.0 Å². The molecule has 3 N–H and O–H groups in total. The summed E-state index contributed by atoms with van der Waals surface area (Å²) in [4.78, 5) is 21.3. The number of nitrogens with two attached hydrogens (primary N) is 1. The van der Waals surface area contributed by atoms with Gasteiger partial charge in [-0.25, -0.2) is 14.3 Å². The van der Waals surface area contributed by atoms with Crippen molar-refractivity contribution in [1.82, 2.24) is 24.9 Å². The number of pyridine rings is 1. The molecule has 0 radical (unpaired) electrons. The number of carbonyl (C=O) groups is 1. The van der Waals surface area contributed by atoms with Crippen LogP contribution in [-0.4, -0.2) is 37.3 Å². The van der Waals surface area contributed by atoms with Gasteiger partial charge in [-0.3, -0.25) is 4.98 Å². The van der Waals surface area contributed by atoms with Gasteiger partial charge in [0.2, 0.25) is 0 Å². The molecule has 0 bridgehead atoms. The molecular formula is C25H26N6O2. The van der Waals surface area contributed by atoms with E-state index in [-0.39, 0.29) is 6.04 Å². The monoisotopic (exact) mass is 442 g/mol. The number of rotatable bonds is 2. The number of amides is 1. The van der Waals surface area contributed by atoms with Crippen molar-refractivity contribution in [3.63, 3.8) is 0 Å². The van der Waals surface area contributed by atoms with Crippen LogP contribution < -0.4 is 11.1 Å². The molecule has 0 fully saturated rings. The maximum absolute atomic E-state index is 12.4. The van der Waals surface area contributed by atoms with Crippen LogP contribution >= 0.6 is 0 Å². The molecule has 0 aliphatic heterocycles. The van der Waals surface area contributed by atoms with Gasteiger partial charge in [0.25, 0.3) is 0 Å². The van der Waals surface area contributed by atoms with E-state index >= 15 is 0 Å². The fourth-order valence-electron chi connectivity index (χ4n) is 4.51. The van der Waals surface area contributed by atoms with Crippen molar-refractivity contribution in [3.05, 3.63) is 60.7 Å². The lowest BCUT2D eigenvalue weighted by atomic mass is 9.85. The lowest BCUT2D eigenvalue weighted by Gasteiger charge is -2.27. The maximum Gasteiger partial charge on any atom is 0.407 e. The maximum atomic E-state index is 12.4. The number of nitrogens with one attached hydrogen (secondary N) is 1. The van der Waals surface area contributed by atoms with Crippen LogP contribution in [0, 0.1) is 0 Å². The number of fused-ring (bicyclic) bond motifs is 4. The first-order valence-electron chi connectivity index (χ1n) is 10.9. The largest absolute Gasteiger partial charge is 0.444 e. The van der Waals surface area contributed by atoms with Crippen LogP contribution in [0.2, 0.25) is 0 Å². The third kappa shape index (κ3) is 3.77. The van der Waals surface area contributed by atoms with E-state index in [9.17, 15) is 4.79 Å². The molecular weight excluding hydrogens is 416 g/mol. The first-order chi connectivity index (χ1) is 15.7. The highest BCUT2D eigenvalue weighted by atomic mass is 16.6. The second-order valence-corrected chi connectivity index (χ2v) is 9.37. The van der Waals surface area contributed by atoms with Crippen molar-refractivity contribution >= 4 is 33.9 Å². The Hall–Kier alpha value is -3.94. The molecule has 5 rings (SSSR count). The molecule has 0 saturated carbocycles. The summed E-state index contributed by atoms with van der Waals surface area (Å²) in [6.07, 6.45) is 4.00. The number of benzene rings is 1. The zero-order valence-corrected chi connectivity index (χ0v) is 18.9. The summed E-state index contributed by atoms with van der Waals surface area (Å²) in [5, 5.41) is 8.50. The Morgan fingerprint density at radius 1 is 1.21 bits per heavy atom. The molecule has 8 nitrogen and oxygen atoms in total. The molecule has 3 aromatic heterocycles. The van der Waals surface area contributed by atoms with Crippen molar-refractivity contribution in [2.45, 2.75) is 45.3 Å². The number of carbonyl (C=O) groups excluding carboxylic acids is 1. The Morgan fingerprint density at radius 2 is 2.00 bits per heavy atom. The Balaban J connectivity index is 1.62. The lowest BCUT2D eigenvalue weighted by molar-refractivity contribution is 0.0504. The van der Waals surface area contributed by atoms with Gasteiger partial charge in [-0.15, -0.1) is 0 Å². The van der Waals surface area contributed by atoms with Gasteiger partial charge in [-0.2, -0.15) is 5.10 Å². The summed E-state index contributed by atoms with van der Waals surface area (Å²) >= 11 is 0. The zero-order valence-electron chi connectivity index (χ0n) is 18.9. The lowest BCUT2D eigenvalue weighted by Crippen LogP contribution is -2.41. The van der Waals surface area contributed by atoms with Gasteiger partial charge < -0.3 is 15.8 Å². The summed E-state index contributed by atoms with van der Waals surface area (Å²) < 4.78 is 7.26. The SMILES string of the molecule is C=C1C[C@H](NC(=O)OC(C)(C)C)Cc2c1c(-c1cnc3ccccc3c1)c1c(N)ncnn21. The highest BCUT2D eigenvalue weighted by Gasteiger charge is 2.32. The number of alkyl carbamates (subject to hydrolysis) is 1. The summed E-state index contributed by atoms with van der Waals surface area (Å²) in [6.45, 7) is 9.87. The predicted molar refractivity (Wildman–Crippen MR) is 129 cm³/mol. The van der Waals surface area contributed by atoms with Gasteiger partial charge in [-0.05, 0) is 44.9 Å². The molecule has 1 atom stereocenters. The number of nitrogens with zero attached hydrogens (tertiary/aromatic N) is 4. The highest BCUT2D eigenvalue weighted by molar-refractivity contribution is 5.99. The minimum atomic E-state index is -0.569. The number of ether oxygens (including phenoxy) is 1. The molecule has 8 heteroatoms.